The van der Waals surface area contributed by atoms with Gasteiger partial charge in [-0.3, -0.25) is 14.4 Å². The minimum Gasteiger partial charge on any atom is -0.462 e. The number of ether oxygens (including phenoxy) is 2. The van der Waals surface area contributed by atoms with E-state index in [-0.39, 0.29) is 42.2 Å². The molecule has 0 saturated heterocycles. The molecule has 1 fully saturated rings. The monoisotopic (exact) mass is 485 g/mol. The average molecular weight is 486 g/mol. The molecule has 0 radical (unpaired) electrons. The molecular weight excluding hydrogens is 442 g/mol. The summed E-state index contributed by atoms with van der Waals surface area (Å²) in [5, 5.41) is 2.83. The van der Waals surface area contributed by atoms with Crippen LogP contribution in [0, 0.1) is 17.3 Å². The van der Waals surface area contributed by atoms with Crippen molar-refractivity contribution in [2.24, 2.45) is 17.3 Å². The Morgan fingerprint density at radius 1 is 1.06 bits per heavy atom. The van der Waals surface area contributed by atoms with Gasteiger partial charge in [0.2, 0.25) is 5.91 Å². The number of amides is 1. The van der Waals surface area contributed by atoms with Crippen LogP contribution in [0.1, 0.15) is 96.6 Å². The van der Waals surface area contributed by atoms with Gasteiger partial charge in [-0.15, -0.1) is 0 Å². The Kier molecular flexibility index (Phi) is 9.76. The van der Waals surface area contributed by atoms with Crippen molar-refractivity contribution in [2.75, 3.05) is 6.54 Å². The van der Waals surface area contributed by atoms with Gasteiger partial charge < -0.3 is 14.8 Å². The van der Waals surface area contributed by atoms with Gasteiger partial charge in [0.25, 0.3) is 0 Å². The molecule has 0 bridgehead atoms. The van der Waals surface area contributed by atoms with Crippen LogP contribution < -0.4 is 10.1 Å². The number of unbranched alkanes of at least 4 members (excludes halogenated alkanes) is 1. The second-order valence-electron chi connectivity index (χ2n) is 10.6. The third kappa shape index (κ3) is 7.08. The lowest BCUT2D eigenvalue weighted by atomic mass is 9.65. The van der Waals surface area contributed by atoms with Gasteiger partial charge in [-0.2, -0.15) is 0 Å². The third-order valence-electron chi connectivity index (χ3n) is 8.07. The molecule has 6 heteroatoms. The molecule has 0 aliphatic heterocycles. The Morgan fingerprint density at radius 2 is 1.86 bits per heavy atom. The number of rotatable bonds is 11. The lowest BCUT2D eigenvalue weighted by Gasteiger charge is -2.41. The summed E-state index contributed by atoms with van der Waals surface area (Å²) in [4.78, 5) is 35.8. The van der Waals surface area contributed by atoms with Crippen molar-refractivity contribution in [3.05, 3.63) is 29.3 Å². The summed E-state index contributed by atoms with van der Waals surface area (Å²) in [6.45, 7) is 8.77. The minimum atomic E-state index is -0.373. The number of carbonyl (C=O) groups is 3. The van der Waals surface area contributed by atoms with Crippen LogP contribution in [0.25, 0.3) is 0 Å². The zero-order chi connectivity index (χ0) is 25.4. The first-order valence-electron chi connectivity index (χ1n) is 13.5. The van der Waals surface area contributed by atoms with Crippen molar-refractivity contribution in [3.63, 3.8) is 0 Å². The SMILES string of the molecule is CCCCNC(=O)CCC(=O)Oc1ccc2c(c1)CCC(C1CCC(OC(C)=O)C1(C)CCC)C2. The maximum Gasteiger partial charge on any atom is 0.311 e. The van der Waals surface area contributed by atoms with Crippen molar-refractivity contribution in [1.82, 2.24) is 5.32 Å². The highest BCUT2D eigenvalue weighted by Crippen LogP contribution is 2.53. The van der Waals surface area contributed by atoms with Crippen molar-refractivity contribution >= 4 is 17.8 Å². The van der Waals surface area contributed by atoms with Gasteiger partial charge in [-0.1, -0.05) is 39.7 Å². The summed E-state index contributed by atoms with van der Waals surface area (Å²) < 4.78 is 11.3. The lowest BCUT2D eigenvalue weighted by molar-refractivity contribution is -0.153. The average Bonchev–Trinajstić information content (AvgIpc) is 3.12. The summed E-state index contributed by atoms with van der Waals surface area (Å²) in [5.74, 6) is 1.02. The third-order valence-corrected chi connectivity index (χ3v) is 8.07. The van der Waals surface area contributed by atoms with Gasteiger partial charge in [0.15, 0.2) is 0 Å². The number of fused-ring (bicyclic) bond motifs is 1. The van der Waals surface area contributed by atoms with E-state index in [1.807, 2.05) is 12.1 Å². The van der Waals surface area contributed by atoms with E-state index in [0.717, 1.165) is 57.8 Å². The Labute approximate surface area is 210 Å². The molecule has 35 heavy (non-hydrogen) atoms. The van der Waals surface area contributed by atoms with Crippen LogP contribution in [-0.2, 0) is 32.0 Å². The second-order valence-corrected chi connectivity index (χ2v) is 10.6. The predicted octanol–water partition coefficient (Wildman–Crippen LogP) is 5.54. The van der Waals surface area contributed by atoms with Crippen molar-refractivity contribution in [1.29, 1.82) is 0 Å². The molecule has 1 amide bonds. The first-order valence-corrected chi connectivity index (χ1v) is 13.5. The van der Waals surface area contributed by atoms with Gasteiger partial charge >= 0.3 is 11.9 Å². The first kappa shape index (κ1) is 27.2. The molecule has 4 atom stereocenters. The molecule has 1 N–H and O–H groups in total. The van der Waals surface area contributed by atoms with Crippen LogP contribution in [0.3, 0.4) is 0 Å². The lowest BCUT2D eigenvalue weighted by Crippen LogP contribution is -2.39. The first-order chi connectivity index (χ1) is 16.8. The fraction of sp³-hybridized carbons (Fsp3) is 0.690. The second kappa shape index (κ2) is 12.5. The van der Waals surface area contributed by atoms with Crippen molar-refractivity contribution in [2.45, 2.75) is 104 Å². The minimum absolute atomic E-state index is 0.0156. The van der Waals surface area contributed by atoms with E-state index in [4.69, 9.17) is 9.47 Å². The zero-order valence-corrected chi connectivity index (χ0v) is 22.0. The zero-order valence-electron chi connectivity index (χ0n) is 22.0. The molecule has 2 aliphatic rings. The molecule has 0 heterocycles. The van der Waals surface area contributed by atoms with Crippen LogP contribution in [-0.4, -0.2) is 30.5 Å². The predicted molar refractivity (Wildman–Crippen MR) is 136 cm³/mol. The van der Waals surface area contributed by atoms with Gasteiger partial charge in [0.05, 0.1) is 6.42 Å². The maximum absolute atomic E-state index is 12.2. The number of aryl methyl sites for hydroxylation is 1. The van der Waals surface area contributed by atoms with Gasteiger partial charge in [0.1, 0.15) is 11.9 Å². The van der Waals surface area contributed by atoms with E-state index in [1.165, 1.54) is 18.1 Å². The summed E-state index contributed by atoms with van der Waals surface area (Å²) >= 11 is 0. The van der Waals surface area contributed by atoms with E-state index in [0.29, 0.717) is 24.1 Å². The molecule has 2 aliphatic carbocycles. The van der Waals surface area contributed by atoms with Crippen LogP contribution in [0.5, 0.6) is 5.75 Å². The number of esters is 2. The van der Waals surface area contributed by atoms with Crippen LogP contribution in [0.4, 0.5) is 0 Å². The quantitative estimate of drug-likeness (QED) is 0.253. The highest BCUT2D eigenvalue weighted by molar-refractivity contribution is 5.82. The van der Waals surface area contributed by atoms with E-state index in [1.54, 1.807) is 0 Å². The molecule has 1 aromatic rings. The van der Waals surface area contributed by atoms with Crippen molar-refractivity contribution in [3.8, 4) is 5.75 Å². The van der Waals surface area contributed by atoms with Gasteiger partial charge in [-0.05, 0) is 80.0 Å². The van der Waals surface area contributed by atoms with E-state index in [9.17, 15) is 14.4 Å². The fourth-order valence-electron chi connectivity index (χ4n) is 6.34. The Bertz CT molecular complexity index is 897. The number of nitrogens with one attached hydrogen (secondary N) is 1. The Morgan fingerprint density at radius 3 is 2.57 bits per heavy atom. The van der Waals surface area contributed by atoms with E-state index < -0.39 is 0 Å². The molecule has 6 nitrogen and oxygen atoms in total. The Balaban J connectivity index is 1.57. The molecule has 3 rings (SSSR count). The maximum atomic E-state index is 12.2. The normalized spacial score (nSPS) is 25.5. The molecule has 0 spiro atoms. The molecular formula is C29H43NO5. The topological polar surface area (TPSA) is 81.7 Å². The van der Waals surface area contributed by atoms with Crippen LogP contribution >= 0.6 is 0 Å². The molecule has 4 unspecified atom stereocenters. The number of hydrogen-bond acceptors (Lipinski definition) is 5. The van der Waals surface area contributed by atoms with Gasteiger partial charge in [-0.25, -0.2) is 0 Å². The summed E-state index contributed by atoms with van der Waals surface area (Å²) in [6, 6.07) is 5.96. The molecule has 194 valence electrons. The van der Waals surface area contributed by atoms with Crippen molar-refractivity contribution < 1.29 is 23.9 Å². The smallest absolute Gasteiger partial charge is 0.311 e. The summed E-state index contributed by atoms with van der Waals surface area (Å²) in [7, 11) is 0. The standard InChI is InChI=1S/C29H43NO5/c1-5-7-17-30-27(32)14-15-28(33)35-24-11-10-21-18-23(9-8-22(21)19-24)25-12-13-26(34-20(3)31)29(25,4)16-6-2/h10-11,19,23,25-26H,5-9,12-18H2,1-4H3,(H,30,32). The highest BCUT2D eigenvalue weighted by Gasteiger charge is 2.50. The van der Waals surface area contributed by atoms with E-state index in [2.05, 4.69) is 32.2 Å². The van der Waals surface area contributed by atoms with E-state index >= 15 is 0 Å². The number of hydrogen-bond donors (Lipinski definition) is 1. The van der Waals surface area contributed by atoms with Crippen LogP contribution in [0.2, 0.25) is 0 Å². The van der Waals surface area contributed by atoms with Crippen LogP contribution in [0.15, 0.2) is 18.2 Å². The summed E-state index contributed by atoms with van der Waals surface area (Å²) in [5.41, 5.74) is 2.60. The number of benzene rings is 1. The fourth-order valence-corrected chi connectivity index (χ4v) is 6.34. The number of carbonyl (C=O) groups excluding carboxylic acids is 3. The molecule has 1 aromatic carbocycles. The molecule has 0 aromatic heterocycles. The van der Waals surface area contributed by atoms with Gasteiger partial charge in [0, 0.05) is 25.3 Å². The highest BCUT2D eigenvalue weighted by atomic mass is 16.5. The summed E-state index contributed by atoms with van der Waals surface area (Å²) in [6.07, 6.45) is 9.51. The molecule has 1 saturated carbocycles. The Hall–Kier alpha value is -2.37. The largest absolute Gasteiger partial charge is 0.462 e.